The number of nitrogens with one attached hydrogen (secondary N) is 1. The van der Waals surface area contributed by atoms with Gasteiger partial charge in [0.05, 0.1) is 22.9 Å². The van der Waals surface area contributed by atoms with Crippen LogP contribution in [0.3, 0.4) is 0 Å². The maximum atomic E-state index is 12.4. The van der Waals surface area contributed by atoms with Gasteiger partial charge in [0.1, 0.15) is 0 Å². The summed E-state index contributed by atoms with van der Waals surface area (Å²) in [7, 11) is 1.54. The molecule has 2 aromatic rings. The standard InChI is InChI=1S/C16H17F3N4O/c1-11-14(15(23(2)22-11)24-10-16(17,18)19)9-21-8-13-5-3-4-12(6-13)7-20/h3-6,21H,8-10H2,1-2H3. The number of hydrogen-bond acceptors (Lipinski definition) is 4. The fourth-order valence-corrected chi connectivity index (χ4v) is 2.30. The maximum absolute atomic E-state index is 12.4. The summed E-state index contributed by atoms with van der Waals surface area (Å²) in [6, 6.07) is 9.17. The van der Waals surface area contributed by atoms with Crippen LogP contribution in [-0.4, -0.2) is 22.6 Å². The highest BCUT2D eigenvalue weighted by Gasteiger charge is 2.30. The van der Waals surface area contributed by atoms with Crippen LogP contribution in [0.2, 0.25) is 0 Å². The molecule has 8 heteroatoms. The Morgan fingerprint density at radius 1 is 1.33 bits per heavy atom. The van der Waals surface area contributed by atoms with Crippen molar-refractivity contribution in [2.75, 3.05) is 6.61 Å². The summed E-state index contributed by atoms with van der Waals surface area (Å²) >= 11 is 0. The summed E-state index contributed by atoms with van der Waals surface area (Å²) in [5, 5.41) is 16.1. The van der Waals surface area contributed by atoms with Crippen LogP contribution in [0.1, 0.15) is 22.4 Å². The van der Waals surface area contributed by atoms with Crippen molar-refractivity contribution in [2.45, 2.75) is 26.2 Å². The molecule has 0 atom stereocenters. The summed E-state index contributed by atoms with van der Waals surface area (Å²) in [5.41, 5.74) is 2.65. The van der Waals surface area contributed by atoms with Crippen LogP contribution >= 0.6 is 0 Å². The molecule has 2 rings (SSSR count). The zero-order valence-corrected chi connectivity index (χ0v) is 13.3. The highest BCUT2D eigenvalue weighted by atomic mass is 19.4. The van der Waals surface area contributed by atoms with E-state index in [1.165, 1.54) is 4.68 Å². The second kappa shape index (κ2) is 7.36. The molecular formula is C16H17F3N4O. The first kappa shape index (κ1) is 17.8. The van der Waals surface area contributed by atoms with Crippen molar-refractivity contribution in [3.05, 3.63) is 46.6 Å². The minimum atomic E-state index is -4.40. The SMILES string of the molecule is Cc1nn(C)c(OCC(F)(F)F)c1CNCc1cccc(C#N)c1. The monoisotopic (exact) mass is 338 g/mol. The Bertz CT molecular complexity index is 747. The highest BCUT2D eigenvalue weighted by molar-refractivity contribution is 5.33. The molecule has 0 saturated heterocycles. The number of alkyl halides is 3. The molecule has 0 fully saturated rings. The summed E-state index contributed by atoms with van der Waals surface area (Å²) in [6.45, 7) is 1.14. The number of aromatic nitrogens is 2. The lowest BCUT2D eigenvalue weighted by Gasteiger charge is -2.12. The third-order valence-corrected chi connectivity index (χ3v) is 3.35. The molecule has 5 nitrogen and oxygen atoms in total. The molecule has 128 valence electrons. The second-order valence-corrected chi connectivity index (χ2v) is 5.31. The number of halogens is 3. The molecule has 0 saturated carbocycles. The lowest BCUT2D eigenvalue weighted by atomic mass is 10.1. The molecule has 0 spiro atoms. The number of hydrogen-bond donors (Lipinski definition) is 1. The smallest absolute Gasteiger partial charge is 0.422 e. The van der Waals surface area contributed by atoms with Gasteiger partial charge in [-0.2, -0.15) is 23.5 Å². The van der Waals surface area contributed by atoms with Gasteiger partial charge in [0.2, 0.25) is 5.88 Å². The first-order valence-electron chi connectivity index (χ1n) is 7.22. The zero-order chi connectivity index (χ0) is 17.7. The van der Waals surface area contributed by atoms with Gasteiger partial charge in [0, 0.05) is 20.1 Å². The molecule has 24 heavy (non-hydrogen) atoms. The second-order valence-electron chi connectivity index (χ2n) is 5.31. The molecule has 0 aliphatic heterocycles. The summed E-state index contributed by atoms with van der Waals surface area (Å²) in [5.74, 6) is 0.100. The van der Waals surface area contributed by atoms with E-state index < -0.39 is 12.8 Å². The lowest BCUT2D eigenvalue weighted by Crippen LogP contribution is -2.21. The Morgan fingerprint density at radius 2 is 2.08 bits per heavy atom. The first-order valence-corrected chi connectivity index (χ1v) is 7.22. The van der Waals surface area contributed by atoms with Gasteiger partial charge >= 0.3 is 6.18 Å². The molecule has 0 bridgehead atoms. The Balaban J connectivity index is 2.02. The van der Waals surface area contributed by atoms with Crippen molar-refractivity contribution in [1.82, 2.24) is 15.1 Å². The lowest BCUT2D eigenvalue weighted by molar-refractivity contribution is -0.154. The topological polar surface area (TPSA) is 62.9 Å². The minimum Gasteiger partial charge on any atom is -0.468 e. The van der Waals surface area contributed by atoms with Gasteiger partial charge in [-0.1, -0.05) is 12.1 Å². The van der Waals surface area contributed by atoms with E-state index in [2.05, 4.69) is 16.5 Å². The summed E-state index contributed by atoms with van der Waals surface area (Å²) in [6.07, 6.45) is -4.40. The van der Waals surface area contributed by atoms with Gasteiger partial charge in [0.15, 0.2) is 6.61 Å². The van der Waals surface area contributed by atoms with E-state index in [0.29, 0.717) is 29.9 Å². The third kappa shape index (κ3) is 4.73. The molecule has 1 aromatic heterocycles. The molecule has 0 radical (unpaired) electrons. The van der Waals surface area contributed by atoms with Gasteiger partial charge in [-0.25, -0.2) is 4.68 Å². The van der Waals surface area contributed by atoms with E-state index in [4.69, 9.17) is 10.00 Å². The maximum Gasteiger partial charge on any atom is 0.422 e. The largest absolute Gasteiger partial charge is 0.468 e. The van der Waals surface area contributed by atoms with Crippen LogP contribution in [0.4, 0.5) is 13.2 Å². The fourth-order valence-electron chi connectivity index (χ4n) is 2.30. The van der Waals surface area contributed by atoms with Crippen LogP contribution in [0.5, 0.6) is 5.88 Å². The molecule has 0 aliphatic carbocycles. The molecule has 1 N–H and O–H groups in total. The third-order valence-electron chi connectivity index (χ3n) is 3.35. The average molecular weight is 338 g/mol. The van der Waals surface area contributed by atoms with Gasteiger partial charge < -0.3 is 10.1 Å². The van der Waals surface area contributed by atoms with E-state index >= 15 is 0 Å². The van der Waals surface area contributed by atoms with Crippen molar-refractivity contribution < 1.29 is 17.9 Å². The number of aryl methyl sites for hydroxylation is 2. The molecule has 0 unspecified atom stereocenters. The fraction of sp³-hybridized carbons (Fsp3) is 0.375. The molecule has 1 aromatic carbocycles. The highest BCUT2D eigenvalue weighted by Crippen LogP contribution is 2.24. The van der Waals surface area contributed by atoms with E-state index in [0.717, 1.165) is 5.56 Å². The van der Waals surface area contributed by atoms with E-state index in [9.17, 15) is 13.2 Å². The molecule has 0 aliphatic rings. The number of nitrogens with zero attached hydrogens (tertiary/aromatic N) is 3. The van der Waals surface area contributed by atoms with Crippen LogP contribution in [0.15, 0.2) is 24.3 Å². The Labute approximate surface area is 137 Å². The van der Waals surface area contributed by atoms with Gasteiger partial charge in [-0.3, -0.25) is 0 Å². The Kier molecular flexibility index (Phi) is 5.46. The quantitative estimate of drug-likeness (QED) is 0.880. The van der Waals surface area contributed by atoms with Crippen molar-refractivity contribution >= 4 is 0 Å². The molecule has 0 amide bonds. The van der Waals surface area contributed by atoms with Crippen LogP contribution in [0, 0.1) is 18.3 Å². The Hall–Kier alpha value is -2.53. The summed E-state index contributed by atoms with van der Waals surface area (Å²) < 4.78 is 43.3. The Morgan fingerprint density at radius 3 is 2.75 bits per heavy atom. The van der Waals surface area contributed by atoms with E-state index in [1.807, 2.05) is 6.07 Å². The molecule has 1 heterocycles. The van der Waals surface area contributed by atoms with E-state index in [-0.39, 0.29) is 5.88 Å². The van der Waals surface area contributed by atoms with Crippen molar-refractivity contribution in [2.24, 2.45) is 7.05 Å². The number of ether oxygens (including phenoxy) is 1. The van der Waals surface area contributed by atoms with Crippen LogP contribution in [-0.2, 0) is 20.1 Å². The average Bonchev–Trinajstić information content (AvgIpc) is 2.78. The summed E-state index contributed by atoms with van der Waals surface area (Å²) in [4.78, 5) is 0. The van der Waals surface area contributed by atoms with Crippen LogP contribution < -0.4 is 10.1 Å². The minimum absolute atomic E-state index is 0.100. The van der Waals surface area contributed by atoms with Gasteiger partial charge in [-0.15, -0.1) is 0 Å². The van der Waals surface area contributed by atoms with Gasteiger partial charge in [0.25, 0.3) is 0 Å². The van der Waals surface area contributed by atoms with Gasteiger partial charge in [-0.05, 0) is 24.6 Å². The zero-order valence-electron chi connectivity index (χ0n) is 13.3. The van der Waals surface area contributed by atoms with Crippen molar-refractivity contribution in [1.29, 1.82) is 5.26 Å². The van der Waals surface area contributed by atoms with Crippen molar-refractivity contribution in [3.63, 3.8) is 0 Å². The first-order chi connectivity index (χ1) is 11.3. The molecular weight excluding hydrogens is 321 g/mol. The van der Waals surface area contributed by atoms with Crippen LogP contribution in [0.25, 0.3) is 0 Å². The van der Waals surface area contributed by atoms with E-state index in [1.54, 1.807) is 32.2 Å². The van der Waals surface area contributed by atoms with Crippen molar-refractivity contribution in [3.8, 4) is 11.9 Å². The normalized spacial score (nSPS) is 11.3. The number of nitriles is 1. The predicted octanol–water partition coefficient (Wildman–Crippen LogP) is 2.83. The number of rotatable bonds is 6. The predicted molar refractivity (Wildman–Crippen MR) is 81.2 cm³/mol. The number of benzene rings is 1.